The molecule has 0 spiro atoms. The predicted octanol–water partition coefficient (Wildman–Crippen LogP) is 6.86. The second-order valence-corrected chi connectivity index (χ2v) is 10.1. The van der Waals surface area contributed by atoms with Crippen LogP contribution in [0.2, 0.25) is 0 Å². The molecule has 7 heteroatoms. The number of hydrogen-bond donors (Lipinski definition) is 0. The summed E-state index contributed by atoms with van der Waals surface area (Å²) in [6.07, 6.45) is 0.354. The maximum atomic E-state index is 13.7. The van der Waals surface area contributed by atoms with E-state index in [2.05, 4.69) is 4.90 Å². The van der Waals surface area contributed by atoms with E-state index in [4.69, 9.17) is 4.74 Å². The Morgan fingerprint density at radius 3 is 2.08 bits per heavy atom. The molecular formula is C30H31F3N2O2. The molecule has 194 valence electrons. The van der Waals surface area contributed by atoms with E-state index in [1.165, 1.54) is 24.3 Å². The third-order valence-corrected chi connectivity index (χ3v) is 7.73. The number of benzene rings is 3. The zero-order valence-corrected chi connectivity index (χ0v) is 20.9. The molecule has 3 atom stereocenters. The largest absolute Gasteiger partial charge is 0.438 e. The Bertz CT molecular complexity index is 1220. The molecule has 0 aliphatic carbocycles. The first-order valence-electron chi connectivity index (χ1n) is 12.8. The molecule has 3 aromatic carbocycles. The number of likely N-dealkylation sites (tertiary alicyclic amines) is 1. The standard InChI is InChI=1S/C30H31F3N2O2/c1-21(22-2-4-23(5-3-22)24-6-10-26(31)11-7-24)35-19-16-30(37-29(35)36,25-8-12-27(32)13-9-25)15-18-34-17-14-28(33)20-34/h2-13,21,28H,14-20H2,1H3/t21-,28-,30+/m0/s1. The van der Waals surface area contributed by atoms with Crippen LogP contribution >= 0.6 is 0 Å². The molecule has 4 nitrogen and oxygen atoms in total. The maximum absolute atomic E-state index is 13.7. The smallest absolute Gasteiger partial charge is 0.411 e. The van der Waals surface area contributed by atoms with Gasteiger partial charge in [0.2, 0.25) is 0 Å². The molecule has 0 saturated carbocycles. The van der Waals surface area contributed by atoms with Crippen LogP contribution in [-0.2, 0) is 10.3 Å². The molecule has 37 heavy (non-hydrogen) atoms. The van der Waals surface area contributed by atoms with Crippen molar-refractivity contribution in [2.75, 3.05) is 26.2 Å². The Balaban J connectivity index is 1.31. The lowest BCUT2D eigenvalue weighted by atomic mass is 9.85. The minimum atomic E-state index is -0.887. The predicted molar refractivity (Wildman–Crippen MR) is 137 cm³/mol. The number of amides is 1. The van der Waals surface area contributed by atoms with E-state index >= 15 is 0 Å². The van der Waals surface area contributed by atoms with Crippen molar-refractivity contribution in [3.63, 3.8) is 0 Å². The highest BCUT2D eigenvalue weighted by molar-refractivity contribution is 5.70. The van der Waals surface area contributed by atoms with E-state index in [0.717, 1.165) is 22.3 Å². The van der Waals surface area contributed by atoms with Crippen LogP contribution in [0.1, 0.15) is 43.4 Å². The van der Waals surface area contributed by atoms with Crippen molar-refractivity contribution in [1.82, 2.24) is 9.80 Å². The summed E-state index contributed by atoms with van der Waals surface area (Å²) in [5.74, 6) is -0.624. The zero-order chi connectivity index (χ0) is 26.0. The molecule has 3 aromatic rings. The molecule has 2 aliphatic rings. The lowest BCUT2D eigenvalue weighted by Gasteiger charge is -2.44. The molecular weight excluding hydrogens is 477 g/mol. The molecule has 0 aromatic heterocycles. The van der Waals surface area contributed by atoms with E-state index in [1.807, 2.05) is 31.2 Å². The average Bonchev–Trinajstić information content (AvgIpc) is 3.33. The van der Waals surface area contributed by atoms with Gasteiger partial charge < -0.3 is 14.5 Å². The number of hydrogen-bond acceptors (Lipinski definition) is 3. The normalized spacial score (nSPS) is 23.2. The lowest BCUT2D eigenvalue weighted by Crippen LogP contribution is -2.49. The molecule has 1 amide bonds. The molecule has 2 fully saturated rings. The number of carbonyl (C=O) groups excluding carboxylic acids is 1. The first kappa shape index (κ1) is 25.3. The first-order valence-corrected chi connectivity index (χ1v) is 12.8. The van der Waals surface area contributed by atoms with Crippen LogP contribution in [0, 0.1) is 11.6 Å². The summed E-state index contributed by atoms with van der Waals surface area (Å²) in [4.78, 5) is 17.1. The first-order chi connectivity index (χ1) is 17.8. The van der Waals surface area contributed by atoms with Crippen molar-refractivity contribution in [3.8, 4) is 11.1 Å². The average molecular weight is 509 g/mol. The van der Waals surface area contributed by atoms with Crippen molar-refractivity contribution in [2.45, 2.75) is 44.0 Å². The minimum Gasteiger partial charge on any atom is -0.438 e. The van der Waals surface area contributed by atoms with Gasteiger partial charge in [0, 0.05) is 39.0 Å². The minimum absolute atomic E-state index is 0.216. The van der Waals surface area contributed by atoms with Crippen molar-refractivity contribution in [3.05, 3.63) is 95.6 Å². The summed E-state index contributed by atoms with van der Waals surface area (Å²) in [6, 6.07) is 20.1. The van der Waals surface area contributed by atoms with Crippen LogP contribution in [0.5, 0.6) is 0 Å². The van der Waals surface area contributed by atoms with Crippen molar-refractivity contribution in [2.24, 2.45) is 0 Å². The van der Waals surface area contributed by atoms with Gasteiger partial charge in [-0.15, -0.1) is 0 Å². The van der Waals surface area contributed by atoms with E-state index < -0.39 is 17.9 Å². The fraction of sp³-hybridized carbons (Fsp3) is 0.367. The van der Waals surface area contributed by atoms with Gasteiger partial charge in [-0.25, -0.2) is 18.0 Å². The number of alkyl halides is 1. The van der Waals surface area contributed by atoms with Gasteiger partial charge in [0.25, 0.3) is 0 Å². The van der Waals surface area contributed by atoms with E-state index in [1.54, 1.807) is 29.2 Å². The van der Waals surface area contributed by atoms with Crippen LogP contribution in [0.4, 0.5) is 18.0 Å². The number of halogens is 3. The number of cyclic esters (lactones) is 1. The molecule has 0 bridgehead atoms. The highest BCUT2D eigenvalue weighted by Gasteiger charge is 2.44. The van der Waals surface area contributed by atoms with Crippen molar-refractivity contribution in [1.29, 1.82) is 0 Å². The number of rotatable bonds is 7. The van der Waals surface area contributed by atoms with Gasteiger partial charge in [-0.2, -0.15) is 0 Å². The summed E-state index contributed by atoms with van der Waals surface area (Å²) >= 11 is 0. The summed E-state index contributed by atoms with van der Waals surface area (Å²) in [6.45, 7) is 4.12. The third kappa shape index (κ3) is 5.52. The molecule has 0 unspecified atom stereocenters. The van der Waals surface area contributed by atoms with E-state index in [0.29, 0.717) is 45.4 Å². The summed E-state index contributed by atoms with van der Waals surface area (Å²) in [7, 11) is 0. The zero-order valence-electron chi connectivity index (χ0n) is 20.9. The Kier molecular flexibility index (Phi) is 7.24. The fourth-order valence-corrected chi connectivity index (χ4v) is 5.40. The van der Waals surface area contributed by atoms with Crippen LogP contribution in [0.3, 0.4) is 0 Å². The number of ether oxygens (including phenoxy) is 1. The summed E-state index contributed by atoms with van der Waals surface area (Å²) in [5.41, 5.74) is 2.71. The molecule has 2 heterocycles. The van der Waals surface area contributed by atoms with Crippen molar-refractivity contribution >= 4 is 6.09 Å². The monoisotopic (exact) mass is 508 g/mol. The SMILES string of the molecule is C[C@@H](c1ccc(-c2ccc(F)cc2)cc1)N1CC[C@](CCN2CC[C@H](F)C2)(c2ccc(F)cc2)OC1=O. The molecule has 5 rings (SSSR count). The van der Waals surface area contributed by atoms with E-state index in [9.17, 15) is 18.0 Å². The lowest BCUT2D eigenvalue weighted by molar-refractivity contribution is -0.0687. The van der Waals surface area contributed by atoms with Crippen molar-refractivity contribution < 1.29 is 22.7 Å². The molecule has 0 radical (unpaired) electrons. The second kappa shape index (κ2) is 10.6. The fourth-order valence-electron chi connectivity index (χ4n) is 5.40. The van der Waals surface area contributed by atoms with Crippen LogP contribution in [0.25, 0.3) is 11.1 Å². The van der Waals surface area contributed by atoms with Crippen LogP contribution in [-0.4, -0.2) is 48.2 Å². The van der Waals surface area contributed by atoms with Gasteiger partial charge in [0.15, 0.2) is 0 Å². The van der Waals surface area contributed by atoms with Crippen LogP contribution in [0.15, 0.2) is 72.8 Å². The summed E-state index contributed by atoms with van der Waals surface area (Å²) < 4.78 is 46.8. The molecule has 0 N–H and O–H groups in total. The highest BCUT2D eigenvalue weighted by Crippen LogP contribution is 2.40. The Morgan fingerprint density at radius 1 is 0.919 bits per heavy atom. The van der Waals surface area contributed by atoms with E-state index in [-0.39, 0.29) is 17.7 Å². The van der Waals surface area contributed by atoms with Gasteiger partial charge >= 0.3 is 6.09 Å². The van der Waals surface area contributed by atoms with Gasteiger partial charge in [0.05, 0.1) is 6.04 Å². The van der Waals surface area contributed by atoms with Crippen LogP contribution < -0.4 is 0 Å². The second-order valence-electron chi connectivity index (χ2n) is 10.1. The Labute approximate surface area is 215 Å². The topological polar surface area (TPSA) is 32.8 Å². The number of nitrogens with zero attached hydrogens (tertiary/aromatic N) is 2. The quantitative estimate of drug-likeness (QED) is 0.349. The van der Waals surface area contributed by atoms with Gasteiger partial charge in [-0.1, -0.05) is 48.5 Å². The molecule has 2 saturated heterocycles. The van der Waals surface area contributed by atoms with Gasteiger partial charge in [-0.3, -0.25) is 0 Å². The molecule has 2 aliphatic heterocycles. The summed E-state index contributed by atoms with van der Waals surface area (Å²) in [5, 5.41) is 0. The maximum Gasteiger partial charge on any atom is 0.411 e. The number of carbonyl (C=O) groups is 1. The third-order valence-electron chi connectivity index (χ3n) is 7.73. The highest BCUT2D eigenvalue weighted by atomic mass is 19.1. The Hall–Kier alpha value is -3.32. The Morgan fingerprint density at radius 2 is 1.51 bits per heavy atom. The van der Waals surface area contributed by atoms with Gasteiger partial charge in [-0.05, 0) is 59.9 Å². The van der Waals surface area contributed by atoms with Gasteiger partial charge in [0.1, 0.15) is 23.4 Å².